The smallest absolute Gasteiger partial charge is 0.406 e. The first-order chi connectivity index (χ1) is 16.5. The highest BCUT2D eigenvalue weighted by Crippen LogP contribution is 2.31. The number of carbonyl (C=O) groups excluding carboxylic acids is 1. The van der Waals surface area contributed by atoms with Crippen LogP contribution >= 0.6 is 22.9 Å². The van der Waals surface area contributed by atoms with Crippen LogP contribution in [0.2, 0.25) is 4.34 Å². The number of carbonyl (C=O) groups is 1. The molecule has 0 saturated carbocycles. The number of nitrogens with zero attached hydrogens (tertiary/aromatic N) is 2. The second kappa shape index (κ2) is 9.97. The summed E-state index contributed by atoms with van der Waals surface area (Å²) in [7, 11) is -3.91. The number of pyridine rings is 1. The van der Waals surface area contributed by atoms with Gasteiger partial charge in [-0.25, -0.2) is 8.42 Å². The maximum absolute atomic E-state index is 12.9. The molecule has 35 heavy (non-hydrogen) atoms. The summed E-state index contributed by atoms with van der Waals surface area (Å²) in [5.74, 6) is -0.859. The Balaban J connectivity index is 1.42. The molecular formula is C22H17ClF3N3O4S2. The van der Waals surface area contributed by atoms with E-state index in [2.05, 4.69) is 15.0 Å². The fraction of sp³-hybridized carbons (Fsp3) is 0.182. The lowest BCUT2D eigenvalue weighted by Gasteiger charge is -2.22. The Morgan fingerprint density at radius 1 is 1.17 bits per heavy atom. The van der Waals surface area contributed by atoms with Crippen molar-refractivity contribution >= 4 is 38.9 Å². The maximum atomic E-state index is 12.9. The molecule has 7 nitrogen and oxygen atoms in total. The van der Waals surface area contributed by atoms with Crippen LogP contribution < -0.4 is 10.1 Å². The number of benzene rings is 1. The van der Waals surface area contributed by atoms with Crippen LogP contribution in [0.4, 0.5) is 13.2 Å². The molecule has 0 bridgehead atoms. The van der Waals surface area contributed by atoms with E-state index >= 15 is 0 Å². The van der Waals surface area contributed by atoms with Gasteiger partial charge >= 0.3 is 6.36 Å². The van der Waals surface area contributed by atoms with Crippen molar-refractivity contribution in [2.75, 3.05) is 6.54 Å². The summed E-state index contributed by atoms with van der Waals surface area (Å²) in [5.41, 5.74) is 1.77. The zero-order chi connectivity index (χ0) is 25.2. The lowest BCUT2D eigenvalue weighted by Crippen LogP contribution is -2.45. The van der Waals surface area contributed by atoms with E-state index in [4.69, 9.17) is 11.6 Å². The number of halogens is 4. The minimum Gasteiger partial charge on any atom is -0.406 e. The van der Waals surface area contributed by atoms with E-state index in [0.29, 0.717) is 21.2 Å². The first-order valence-electron chi connectivity index (χ1n) is 10.1. The molecule has 1 atom stereocenters. The zero-order valence-corrected chi connectivity index (χ0v) is 20.1. The van der Waals surface area contributed by atoms with Gasteiger partial charge in [-0.1, -0.05) is 35.9 Å². The molecule has 184 valence electrons. The molecule has 1 unspecified atom stereocenters. The molecule has 0 radical (unpaired) electrons. The third-order valence-corrected chi connectivity index (χ3v) is 8.52. The van der Waals surface area contributed by atoms with E-state index in [1.54, 1.807) is 18.2 Å². The normalized spacial score (nSPS) is 16.4. The number of aromatic nitrogens is 1. The summed E-state index contributed by atoms with van der Waals surface area (Å²) >= 11 is 6.77. The average molecular weight is 544 g/mol. The van der Waals surface area contributed by atoms with Crippen molar-refractivity contribution in [2.45, 2.75) is 23.2 Å². The number of nitrogens with one attached hydrogen (secondary N) is 1. The Morgan fingerprint density at radius 2 is 1.91 bits per heavy atom. The third-order valence-electron chi connectivity index (χ3n) is 4.98. The lowest BCUT2D eigenvalue weighted by molar-refractivity contribution is -0.274. The number of alkyl halides is 3. The van der Waals surface area contributed by atoms with Gasteiger partial charge in [-0.2, -0.15) is 4.31 Å². The van der Waals surface area contributed by atoms with Crippen molar-refractivity contribution < 1.29 is 31.1 Å². The van der Waals surface area contributed by atoms with Crippen LogP contribution in [0.15, 0.2) is 71.1 Å². The molecule has 0 aliphatic carbocycles. The molecule has 1 amide bonds. The number of rotatable bonds is 7. The Morgan fingerprint density at radius 3 is 2.57 bits per heavy atom. The number of hydrogen-bond acceptors (Lipinski definition) is 6. The molecule has 0 fully saturated rings. The topological polar surface area (TPSA) is 88.6 Å². The average Bonchev–Trinajstić information content (AvgIpc) is 3.47. The second-order valence-corrected chi connectivity index (χ2v) is 11.2. The van der Waals surface area contributed by atoms with Gasteiger partial charge in [0.05, 0.1) is 16.6 Å². The number of amides is 1. The quantitative estimate of drug-likeness (QED) is 0.440. The molecule has 0 spiro atoms. The van der Waals surface area contributed by atoms with E-state index < -0.39 is 28.3 Å². The molecule has 1 aliphatic rings. The summed E-state index contributed by atoms with van der Waals surface area (Å²) in [6, 6.07) is 10.5. The van der Waals surface area contributed by atoms with Crippen molar-refractivity contribution in [1.82, 2.24) is 14.6 Å². The summed E-state index contributed by atoms with van der Waals surface area (Å²) in [6.45, 7) is 0.0721. The third kappa shape index (κ3) is 6.01. The van der Waals surface area contributed by atoms with Crippen molar-refractivity contribution in [3.8, 4) is 16.9 Å². The van der Waals surface area contributed by atoms with Gasteiger partial charge in [0.15, 0.2) is 0 Å². The van der Waals surface area contributed by atoms with E-state index in [1.807, 2.05) is 0 Å². The number of thiophene rings is 1. The first-order valence-corrected chi connectivity index (χ1v) is 12.7. The number of hydrogen-bond donors (Lipinski definition) is 1. The van der Waals surface area contributed by atoms with E-state index in [1.165, 1.54) is 48.7 Å². The van der Waals surface area contributed by atoms with Crippen LogP contribution in [0.25, 0.3) is 11.1 Å². The minimum atomic E-state index is -4.77. The highest BCUT2D eigenvalue weighted by molar-refractivity contribution is 7.91. The van der Waals surface area contributed by atoms with Crippen molar-refractivity contribution in [1.29, 1.82) is 0 Å². The van der Waals surface area contributed by atoms with Gasteiger partial charge < -0.3 is 10.1 Å². The second-order valence-electron chi connectivity index (χ2n) is 7.33. The molecule has 0 saturated heterocycles. The van der Waals surface area contributed by atoms with Gasteiger partial charge in [-0.15, -0.1) is 24.5 Å². The number of sulfonamides is 1. The van der Waals surface area contributed by atoms with E-state index in [-0.39, 0.29) is 23.0 Å². The van der Waals surface area contributed by atoms with Crippen LogP contribution in [0.1, 0.15) is 5.69 Å². The molecule has 1 N–H and O–H groups in total. The molecule has 4 rings (SSSR count). The number of ether oxygens (including phenoxy) is 1. The summed E-state index contributed by atoms with van der Waals surface area (Å²) in [6.07, 6.45) is -0.161. The summed E-state index contributed by atoms with van der Waals surface area (Å²) < 4.78 is 68.2. The molecule has 3 aromatic rings. The van der Waals surface area contributed by atoms with E-state index in [9.17, 15) is 26.4 Å². The summed E-state index contributed by atoms with van der Waals surface area (Å²) in [4.78, 5) is 17.0. The van der Waals surface area contributed by atoms with Crippen molar-refractivity contribution in [3.05, 3.63) is 76.9 Å². The van der Waals surface area contributed by atoms with Crippen LogP contribution in [-0.4, -0.2) is 42.6 Å². The fourth-order valence-electron chi connectivity index (χ4n) is 3.41. The Hall–Kier alpha value is -2.93. The Bertz CT molecular complexity index is 1360. The highest BCUT2D eigenvalue weighted by atomic mass is 35.5. The van der Waals surface area contributed by atoms with Crippen LogP contribution in [0.5, 0.6) is 5.75 Å². The fourth-order valence-corrected chi connectivity index (χ4v) is 6.52. The van der Waals surface area contributed by atoms with E-state index in [0.717, 1.165) is 15.6 Å². The monoisotopic (exact) mass is 543 g/mol. The van der Waals surface area contributed by atoms with Crippen LogP contribution in [-0.2, 0) is 21.4 Å². The first kappa shape index (κ1) is 25.2. The predicted molar refractivity (Wildman–Crippen MR) is 124 cm³/mol. The predicted octanol–water partition coefficient (Wildman–Crippen LogP) is 4.61. The molecule has 1 aromatic carbocycles. The van der Waals surface area contributed by atoms with Gasteiger partial charge in [0.1, 0.15) is 16.0 Å². The SMILES string of the molecule is O=C(NCc1cc(-c2ccc(OC(F)(F)F)cc2)ccn1)C1C=CCN1S(=O)(=O)c1ccc(Cl)s1. The van der Waals surface area contributed by atoms with Crippen molar-refractivity contribution in [3.63, 3.8) is 0 Å². The largest absolute Gasteiger partial charge is 0.573 e. The van der Waals surface area contributed by atoms with Crippen molar-refractivity contribution in [2.24, 2.45) is 0 Å². The highest BCUT2D eigenvalue weighted by Gasteiger charge is 2.37. The van der Waals surface area contributed by atoms with Gasteiger partial charge in [-0.3, -0.25) is 9.78 Å². The Labute approximate surface area is 207 Å². The lowest BCUT2D eigenvalue weighted by atomic mass is 10.1. The van der Waals surface area contributed by atoms with Crippen LogP contribution in [0, 0.1) is 0 Å². The van der Waals surface area contributed by atoms with Gasteiger partial charge in [0.25, 0.3) is 10.0 Å². The van der Waals surface area contributed by atoms with Gasteiger partial charge in [0, 0.05) is 12.7 Å². The minimum absolute atomic E-state index is 0.0188. The molecule has 2 aromatic heterocycles. The Kier molecular flexibility index (Phi) is 7.17. The zero-order valence-electron chi connectivity index (χ0n) is 17.7. The molecular weight excluding hydrogens is 527 g/mol. The van der Waals surface area contributed by atoms with Crippen LogP contribution in [0.3, 0.4) is 0 Å². The van der Waals surface area contributed by atoms with Gasteiger partial charge in [0.2, 0.25) is 5.91 Å². The molecule has 3 heterocycles. The summed E-state index contributed by atoms with van der Waals surface area (Å²) in [5, 5.41) is 2.69. The maximum Gasteiger partial charge on any atom is 0.573 e. The standard InChI is InChI=1S/C22H17ClF3N3O4S2/c23-19-7-8-20(34-19)35(31,32)29-11-1-2-18(29)21(30)28-13-16-12-15(9-10-27-16)14-3-5-17(6-4-14)33-22(24,25)26/h1-10,12,18H,11,13H2,(H,28,30). The molecule has 1 aliphatic heterocycles. The molecule has 13 heteroatoms. The van der Waals surface area contributed by atoms with Gasteiger partial charge in [-0.05, 0) is 47.5 Å².